The Morgan fingerprint density at radius 1 is 1.21 bits per heavy atom. The number of benzene rings is 1. The van der Waals surface area contributed by atoms with E-state index in [9.17, 15) is 0 Å². The zero-order valence-electron chi connectivity index (χ0n) is 7.94. The van der Waals surface area contributed by atoms with Crippen molar-refractivity contribution in [1.29, 1.82) is 0 Å². The van der Waals surface area contributed by atoms with Gasteiger partial charge < -0.3 is 14.8 Å². The Kier molecular flexibility index (Phi) is 2.75. The van der Waals surface area contributed by atoms with Crippen molar-refractivity contribution >= 4 is 12.6 Å². The zero-order valence-corrected chi connectivity index (χ0v) is 7.94. The van der Waals surface area contributed by atoms with Gasteiger partial charge in [0.25, 0.3) is 0 Å². The molecule has 0 spiro atoms. The van der Waals surface area contributed by atoms with E-state index in [1.807, 2.05) is 12.1 Å². The number of ether oxygens (including phenoxy) is 1. The summed E-state index contributed by atoms with van der Waals surface area (Å²) in [6.45, 7) is 0.758. The maximum Gasteiger partial charge on any atom is 0.488 e. The van der Waals surface area contributed by atoms with Gasteiger partial charge in [-0.25, -0.2) is 0 Å². The van der Waals surface area contributed by atoms with Crippen molar-refractivity contribution in [2.75, 3.05) is 6.61 Å². The zero-order chi connectivity index (χ0) is 9.97. The molecule has 0 saturated heterocycles. The molecule has 2 N–H and O–H groups in total. The second kappa shape index (κ2) is 4.03. The summed E-state index contributed by atoms with van der Waals surface area (Å²) in [5.74, 6) is 0.881. The second-order valence-electron chi connectivity index (χ2n) is 3.55. The minimum Gasteiger partial charge on any atom is -0.493 e. The van der Waals surface area contributed by atoms with E-state index in [-0.39, 0.29) is 0 Å². The first kappa shape index (κ1) is 9.56. The molecule has 0 fully saturated rings. The van der Waals surface area contributed by atoms with Crippen molar-refractivity contribution in [3.63, 3.8) is 0 Å². The highest BCUT2D eigenvalue weighted by Gasteiger charge is 2.15. The maximum atomic E-state index is 9.01. The highest BCUT2D eigenvalue weighted by molar-refractivity contribution is 6.58. The highest BCUT2D eigenvalue weighted by Crippen LogP contribution is 2.22. The highest BCUT2D eigenvalue weighted by atomic mass is 16.5. The van der Waals surface area contributed by atoms with Crippen molar-refractivity contribution in [2.24, 2.45) is 0 Å². The lowest BCUT2D eigenvalue weighted by atomic mass is 9.79. The third-order valence-corrected chi connectivity index (χ3v) is 2.48. The van der Waals surface area contributed by atoms with Crippen LogP contribution in [0.25, 0.3) is 0 Å². The van der Waals surface area contributed by atoms with E-state index in [2.05, 4.69) is 0 Å². The van der Waals surface area contributed by atoms with E-state index in [4.69, 9.17) is 14.8 Å². The molecular formula is C10H13BO3. The van der Waals surface area contributed by atoms with Crippen molar-refractivity contribution in [2.45, 2.75) is 19.3 Å². The second-order valence-corrected chi connectivity index (χ2v) is 3.55. The summed E-state index contributed by atoms with van der Waals surface area (Å²) < 4.78 is 5.52. The summed E-state index contributed by atoms with van der Waals surface area (Å²) in [5.41, 5.74) is 1.61. The molecule has 0 aromatic heterocycles. The lowest BCUT2D eigenvalue weighted by Gasteiger charge is -2.08. The summed E-state index contributed by atoms with van der Waals surface area (Å²) in [6, 6.07) is 5.32. The molecule has 1 aliphatic rings. The maximum absolute atomic E-state index is 9.01. The Morgan fingerprint density at radius 3 is 2.86 bits per heavy atom. The first-order valence-corrected chi connectivity index (χ1v) is 4.89. The van der Waals surface area contributed by atoms with E-state index in [1.54, 1.807) is 6.07 Å². The minimum atomic E-state index is -1.39. The van der Waals surface area contributed by atoms with Gasteiger partial charge in [0.05, 0.1) is 6.61 Å². The van der Waals surface area contributed by atoms with Gasteiger partial charge >= 0.3 is 7.12 Å². The largest absolute Gasteiger partial charge is 0.493 e. The van der Waals surface area contributed by atoms with Crippen LogP contribution < -0.4 is 10.2 Å². The summed E-state index contributed by atoms with van der Waals surface area (Å²) in [4.78, 5) is 0. The van der Waals surface area contributed by atoms with E-state index >= 15 is 0 Å². The van der Waals surface area contributed by atoms with Gasteiger partial charge in [0, 0.05) is 0 Å². The lowest BCUT2D eigenvalue weighted by Crippen LogP contribution is -2.29. The van der Waals surface area contributed by atoms with Crippen LogP contribution in [0.1, 0.15) is 18.4 Å². The van der Waals surface area contributed by atoms with Gasteiger partial charge in [-0.05, 0) is 36.4 Å². The molecule has 1 heterocycles. The fourth-order valence-electron chi connectivity index (χ4n) is 1.70. The molecule has 0 bridgehead atoms. The topological polar surface area (TPSA) is 49.7 Å². The summed E-state index contributed by atoms with van der Waals surface area (Å²) >= 11 is 0. The average Bonchev–Trinajstić information content (AvgIpc) is 2.41. The Labute approximate surface area is 83.5 Å². The average molecular weight is 192 g/mol. The molecule has 0 atom stereocenters. The van der Waals surface area contributed by atoms with E-state index in [0.29, 0.717) is 5.46 Å². The van der Waals surface area contributed by atoms with Gasteiger partial charge in [-0.15, -0.1) is 0 Å². The van der Waals surface area contributed by atoms with Crippen LogP contribution in [0.2, 0.25) is 0 Å². The smallest absolute Gasteiger partial charge is 0.488 e. The third kappa shape index (κ3) is 1.91. The fraction of sp³-hybridized carbons (Fsp3) is 0.400. The van der Waals surface area contributed by atoms with Crippen LogP contribution in [0.3, 0.4) is 0 Å². The molecule has 3 nitrogen and oxygen atoms in total. The Morgan fingerprint density at radius 2 is 2.07 bits per heavy atom. The van der Waals surface area contributed by atoms with Crippen molar-refractivity contribution in [3.8, 4) is 5.75 Å². The molecule has 0 aliphatic carbocycles. The summed E-state index contributed by atoms with van der Waals surface area (Å²) in [7, 11) is -1.39. The predicted molar refractivity (Wildman–Crippen MR) is 54.7 cm³/mol. The van der Waals surface area contributed by atoms with Crippen molar-refractivity contribution in [3.05, 3.63) is 23.8 Å². The lowest BCUT2D eigenvalue weighted by molar-refractivity contribution is 0.317. The van der Waals surface area contributed by atoms with E-state index in [0.717, 1.165) is 37.2 Å². The molecule has 2 rings (SSSR count). The van der Waals surface area contributed by atoms with Crippen molar-refractivity contribution < 1.29 is 14.8 Å². The van der Waals surface area contributed by atoms with Gasteiger partial charge in [-0.3, -0.25) is 0 Å². The molecule has 0 unspecified atom stereocenters. The Balaban J connectivity index is 2.32. The van der Waals surface area contributed by atoms with E-state index < -0.39 is 7.12 Å². The van der Waals surface area contributed by atoms with Gasteiger partial charge in [0.2, 0.25) is 0 Å². The predicted octanol–water partition coefficient (Wildman–Crippen LogP) is 0.0815. The SMILES string of the molecule is OB(O)c1ccc2c(c1)CCCCO2. The molecule has 0 amide bonds. The quantitative estimate of drug-likeness (QED) is 0.619. The molecule has 1 aliphatic heterocycles. The number of fused-ring (bicyclic) bond motifs is 1. The van der Waals surface area contributed by atoms with Crippen LogP contribution in [0.4, 0.5) is 0 Å². The van der Waals surface area contributed by atoms with Crippen LogP contribution in [0.15, 0.2) is 18.2 Å². The molecule has 74 valence electrons. The number of hydrogen-bond acceptors (Lipinski definition) is 3. The molecule has 1 aromatic rings. The van der Waals surface area contributed by atoms with Gasteiger partial charge in [0.15, 0.2) is 0 Å². The summed E-state index contributed by atoms with van der Waals surface area (Å²) in [6.07, 6.45) is 3.11. The Bertz CT molecular complexity index is 325. The molecule has 1 aromatic carbocycles. The molecule has 0 radical (unpaired) electrons. The number of aryl methyl sites for hydroxylation is 1. The van der Waals surface area contributed by atoms with Crippen LogP contribution >= 0.6 is 0 Å². The monoisotopic (exact) mass is 192 g/mol. The van der Waals surface area contributed by atoms with Gasteiger partial charge in [0.1, 0.15) is 5.75 Å². The van der Waals surface area contributed by atoms with Crippen LogP contribution in [-0.2, 0) is 6.42 Å². The van der Waals surface area contributed by atoms with Gasteiger partial charge in [-0.2, -0.15) is 0 Å². The first-order valence-electron chi connectivity index (χ1n) is 4.89. The minimum absolute atomic E-state index is 0.536. The molecular weight excluding hydrogens is 179 g/mol. The van der Waals surface area contributed by atoms with Crippen LogP contribution in [-0.4, -0.2) is 23.8 Å². The van der Waals surface area contributed by atoms with Gasteiger partial charge in [-0.1, -0.05) is 12.1 Å². The third-order valence-electron chi connectivity index (χ3n) is 2.48. The Hall–Kier alpha value is -0.995. The van der Waals surface area contributed by atoms with Crippen LogP contribution in [0, 0.1) is 0 Å². The molecule has 4 heteroatoms. The molecule has 14 heavy (non-hydrogen) atoms. The fourth-order valence-corrected chi connectivity index (χ4v) is 1.70. The summed E-state index contributed by atoms with van der Waals surface area (Å²) in [5, 5.41) is 18.0. The van der Waals surface area contributed by atoms with Crippen LogP contribution in [0.5, 0.6) is 5.75 Å². The standard InChI is InChI=1S/C10H13BO3/c12-11(13)9-4-5-10-8(7-9)3-1-2-6-14-10/h4-5,7,12-13H,1-3,6H2. The normalized spacial score (nSPS) is 15.3. The van der Waals surface area contributed by atoms with Crippen molar-refractivity contribution in [1.82, 2.24) is 0 Å². The first-order chi connectivity index (χ1) is 6.77. The number of rotatable bonds is 1. The van der Waals surface area contributed by atoms with E-state index in [1.165, 1.54) is 0 Å². The number of hydrogen-bond donors (Lipinski definition) is 2. The molecule has 0 saturated carbocycles.